The zero-order valence-corrected chi connectivity index (χ0v) is 14.6. The number of hydrogen-bond donors (Lipinski definition) is 0. The Balaban J connectivity index is 2.10. The average molecular weight is 414 g/mol. The molecule has 0 aliphatic carbocycles. The summed E-state index contributed by atoms with van der Waals surface area (Å²) in [4.78, 5) is 9.35. The lowest BCUT2D eigenvalue weighted by molar-refractivity contribution is 1.42. The third kappa shape index (κ3) is 2.23. The highest BCUT2D eigenvalue weighted by atomic mass is 79.9. The Morgan fingerprint density at radius 3 is 1.64 bits per heavy atom. The second kappa shape index (κ2) is 5.45. The van der Waals surface area contributed by atoms with Gasteiger partial charge in [-0.05, 0) is 54.8 Å². The molecule has 0 N–H and O–H groups in total. The van der Waals surface area contributed by atoms with E-state index in [1.807, 2.05) is 24.6 Å². The molecule has 2 nitrogen and oxygen atoms in total. The van der Waals surface area contributed by atoms with Crippen LogP contribution in [0.4, 0.5) is 11.4 Å². The van der Waals surface area contributed by atoms with Crippen molar-refractivity contribution in [3.8, 4) is 0 Å². The van der Waals surface area contributed by atoms with Crippen LogP contribution in [0, 0.1) is 0 Å². The minimum Gasteiger partial charge on any atom is -0.253 e. The minimum absolute atomic E-state index is 0.829. The highest BCUT2D eigenvalue weighted by Crippen LogP contribution is 2.41. The van der Waals surface area contributed by atoms with Crippen molar-refractivity contribution in [2.75, 3.05) is 0 Å². The Labute approximate surface area is 144 Å². The zero-order valence-electron chi connectivity index (χ0n) is 11.4. The minimum atomic E-state index is 0.829. The van der Waals surface area contributed by atoms with E-state index in [4.69, 9.17) is 0 Å². The van der Waals surface area contributed by atoms with E-state index in [1.165, 1.54) is 10.8 Å². The summed E-state index contributed by atoms with van der Waals surface area (Å²) in [7, 11) is 0. The fraction of sp³-hybridized carbons (Fsp3) is 0. The molecule has 1 aliphatic heterocycles. The van der Waals surface area contributed by atoms with Gasteiger partial charge in [-0.1, -0.05) is 36.4 Å². The van der Waals surface area contributed by atoms with Crippen LogP contribution in [-0.2, 0) is 0 Å². The molecule has 1 heterocycles. The maximum Gasteiger partial charge on any atom is 0.104 e. The SMILES string of the molecule is Brc1ccc(Br)c2c1N=Cc1cccc3cccc(c13)C=N2. The summed E-state index contributed by atoms with van der Waals surface area (Å²) in [5.74, 6) is 0. The zero-order chi connectivity index (χ0) is 15.1. The predicted molar refractivity (Wildman–Crippen MR) is 100 cm³/mol. The van der Waals surface area contributed by atoms with E-state index >= 15 is 0 Å². The van der Waals surface area contributed by atoms with Gasteiger partial charge in [-0.15, -0.1) is 0 Å². The summed E-state index contributed by atoms with van der Waals surface area (Å²) in [5, 5.41) is 2.37. The van der Waals surface area contributed by atoms with Gasteiger partial charge < -0.3 is 0 Å². The van der Waals surface area contributed by atoms with Crippen molar-refractivity contribution in [1.82, 2.24) is 0 Å². The largest absolute Gasteiger partial charge is 0.253 e. The Kier molecular flexibility index (Phi) is 3.43. The summed E-state index contributed by atoms with van der Waals surface area (Å²) in [5.41, 5.74) is 3.85. The third-order valence-corrected chi connectivity index (χ3v) is 4.97. The molecule has 4 heteroatoms. The van der Waals surface area contributed by atoms with Gasteiger partial charge in [0.2, 0.25) is 0 Å². The molecular formula is C18H10Br2N2. The molecule has 3 aromatic carbocycles. The molecule has 106 valence electrons. The van der Waals surface area contributed by atoms with Gasteiger partial charge >= 0.3 is 0 Å². The van der Waals surface area contributed by atoms with E-state index in [0.29, 0.717) is 0 Å². The van der Waals surface area contributed by atoms with Gasteiger partial charge in [-0.2, -0.15) is 0 Å². The number of benzene rings is 3. The first-order valence-electron chi connectivity index (χ1n) is 6.82. The number of hydrogen-bond acceptors (Lipinski definition) is 2. The van der Waals surface area contributed by atoms with Gasteiger partial charge in [0.25, 0.3) is 0 Å². The van der Waals surface area contributed by atoms with Crippen molar-refractivity contribution in [3.63, 3.8) is 0 Å². The van der Waals surface area contributed by atoms with Gasteiger partial charge in [-0.3, -0.25) is 9.98 Å². The first kappa shape index (κ1) is 13.9. The van der Waals surface area contributed by atoms with E-state index in [-0.39, 0.29) is 0 Å². The third-order valence-electron chi connectivity index (χ3n) is 3.69. The standard InChI is InChI=1S/C18H10Br2N2/c19-14-7-8-15(20)18-17(14)21-9-12-5-1-3-11-4-2-6-13(10-22-18)16(11)12/h1-10H. The molecule has 0 spiro atoms. The maximum atomic E-state index is 4.68. The topological polar surface area (TPSA) is 24.7 Å². The quantitative estimate of drug-likeness (QED) is 0.329. The molecule has 0 atom stereocenters. The lowest BCUT2D eigenvalue weighted by atomic mass is 10.0. The molecule has 0 bridgehead atoms. The second-order valence-corrected chi connectivity index (χ2v) is 6.74. The summed E-state index contributed by atoms with van der Waals surface area (Å²) in [6.07, 6.45) is 3.83. The van der Waals surface area contributed by atoms with Crippen molar-refractivity contribution in [3.05, 3.63) is 68.6 Å². The average Bonchev–Trinajstić information content (AvgIpc) is 2.61. The van der Waals surface area contributed by atoms with Crippen molar-refractivity contribution in [2.45, 2.75) is 0 Å². The van der Waals surface area contributed by atoms with Gasteiger partial charge in [0.1, 0.15) is 11.4 Å². The molecule has 3 aromatic rings. The monoisotopic (exact) mass is 412 g/mol. The first-order chi connectivity index (χ1) is 10.7. The molecule has 4 rings (SSSR count). The lowest BCUT2D eigenvalue weighted by Crippen LogP contribution is -1.89. The van der Waals surface area contributed by atoms with Gasteiger partial charge in [0.15, 0.2) is 0 Å². The molecule has 0 saturated carbocycles. The Morgan fingerprint density at radius 1 is 0.636 bits per heavy atom. The Morgan fingerprint density at radius 2 is 1.14 bits per heavy atom. The van der Waals surface area contributed by atoms with E-state index in [2.05, 4.69) is 78.2 Å². The molecule has 22 heavy (non-hydrogen) atoms. The molecule has 0 amide bonds. The van der Waals surface area contributed by atoms with E-state index in [0.717, 1.165) is 31.4 Å². The van der Waals surface area contributed by atoms with Crippen molar-refractivity contribution < 1.29 is 0 Å². The molecule has 0 unspecified atom stereocenters. The number of fused-ring (bicyclic) bond motifs is 1. The molecule has 0 saturated heterocycles. The van der Waals surface area contributed by atoms with Crippen molar-refractivity contribution in [2.24, 2.45) is 9.98 Å². The van der Waals surface area contributed by atoms with Gasteiger partial charge in [-0.25, -0.2) is 0 Å². The number of aliphatic imine (C=N–C) groups is 2. The van der Waals surface area contributed by atoms with Crippen LogP contribution in [-0.4, -0.2) is 12.4 Å². The fourth-order valence-corrected chi connectivity index (χ4v) is 3.50. The molecular weight excluding hydrogens is 404 g/mol. The molecule has 0 aromatic heterocycles. The molecule has 0 fully saturated rings. The lowest BCUT2D eigenvalue weighted by Gasteiger charge is -2.05. The fourth-order valence-electron chi connectivity index (χ4n) is 2.66. The number of halogens is 2. The summed E-state index contributed by atoms with van der Waals surface area (Å²) in [6, 6.07) is 16.4. The van der Waals surface area contributed by atoms with Crippen LogP contribution in [0.15, 0.2) is 67.5 Å². The smallest absolute Gasteiger partial charge is 0.104 e. The molecule has 1 aliphatic rings. The van der Waals surface area contributed by atoms with E-state index in [1.54, 1.807) is 0 Å². The first-order valence-corrected chi connectivity index (χ1v) is 8.40. The highest BCUT2D eigenvalue weighted by molar-refractivity contribution is 9.11. The van der Waals surface area contributed by atoms with Crippen molar-refractivity contribution in [1.29, 1.82) is 0 Å². The highest BCUT2D eigenvalue weighted by Gasteiger charge is 2.12. The van der Waals surface area contributed by atoms with Gasteiger partial charge in [0.05, 0.1) is 0 Å². The van der Waals surface area contributed by atoms with Crippen LogP contribution in [0.25, 0.3) is 10.8 Å². The van der Waals surface area contributed by atoms with Crippen LogP contribution in [0.1, 0.15) is 11.1 Å². The normalized spacial score (nSPS) is 12.6. The second-order valence-electron chi connectivity index (χ2n) is 5.04. The van der Waals surface area contributed by atoms with Crippen LogP contribution >= 0.6 is 31.9 Å². The van der Waals surface area contributed by atoms with E-state index in [9.17, 15) is 0 Å². The molecule has 0 radical (unpaired) electrons. The Hall–Kier alpha value is -1.78. The van der Waals surface area contributed by atoms with Crippen LogP contribution in [0.2, 0.25) is 0 Å². The van der Waals surface area contributed by atoms with E-state index < -0.39 is 0 Å². The Bertz CT molecular complexity index is 885. The van der Waals surface area contributed by atoms with Crippen LogP contribution in [0.5, 0.6) is 0 Å². The summed E-state index contributed by atoms with van der Waals surface area (Å²) in [6.45, 7) is 0. The predicted octanol–water partition coefficient (Wildman–Crippen LogP) is 6.18. The van der Waals surface area contributed by atoms with Gasteiger partial charge in [0, 0.05) is 32.5 Å². The number of rotatable bonds is 0. The number of nitrogens with zero attached hydrogens (tertiary/aromatic N) is 2. The maximum absolute atomic E-state index is 4.68. The van der Waals surface area contributed by atoms with Crippen LogP contribution < -0.4 is 0 Å². The summed E-state index contributed by atoms with van der Waals surface area (Å²) >= 11 is 7.13. The summed E-state index contributed by atoms with van der Waals surface area (Å²) < 4.78 is 1.86. The van der Waals surface area contributed by atoms with Crippen LogP contribution in [0.3, 0.4) is 0 Å². The van der Waals surface area contributed by atoms with Crippen molar-refractivity contribution >= 4 is 66.4 Å².